The molecule has 0 aliphatic rings. The predicted octanol–water partition coefficient (Wildman–Crippen LogP) is -3.10. The lowest BCUT2D eigenvalue weighted by Crippen LogP contribution is -2.54. The highest BCUT2D eigenvalue weighted by atomic mass is 16.4. The molecule has 6 heteroatoms. The molecule has 0 rings (SSSR count). The van der Waals surface area contributed by atoms with Crippen LogP contribution in [-0.4, -0.2) is 46.1 Å². The maximum Gasteiger partial charge on any atom is 0.154 e. The van der Waals surface area contributed by atoms with Crippen molar-refractivity contribution in [2.45, 2.75) is 24.3 Å². The maximum absolute atomic E-state index is 10.5. The van der Waals surface area contributed by atoms with Crippen LogP contribution in [0.1, 0.15) is 7.79 Å². The Labute approximate surface area is 71.2 Å². The van der Waals surface area contributed by atoms with Gasteiger partial charge >= 0.3 is 0 Å². The molecule has 0 aromatic rings. The lowest BCUT2D eigenvalue weighted by atomic mass is 10.0. The van der Waals surface area contributed by atoms with Gasteiger partial charge in [0.15, 0.2) is 6.26 Å². The van der Waals surface area contributed by atoms with Crippen LogP contribution in [0.25, 0.3) is 0 Å². The summed E-state index contributed by atoms with van der Waals surface area (Å²) < 4.78 is 6.63. The number of hydrogen-bond donors (Lipinski definition) is 5. The zero-order valence-corrected chi connectivity index (χ0v) is 6.47. The van der Waals surface area contributed by atoms with Crippen molar-refractivity contribution in [3.63, 3.8) is 0 Å². The van der Waals surface area contributed by atoms with Gasteiger partial charge in [0.05, 0.1) is 12.7 Å². The third-order valence-corrected chi connectivity index (χ3v) is 1.37. The van der Waals surface area contributed by atoms with E-state index in [9.17, 15) is 4.79 Å². The summed E-state index contributed by atoms with van der Waals surface area (Å²) in [6, 6.07) is 0. The van der Waals surface area contributed by atoms with E-state index in [1.54, 1.807) is 0 Å². The summed E-state index contributed by atoms with van der Waals surface area (Å²) in [5, 5.41) is 26.4. The molecule has 0 saturated carbocycles. The number of aldehydes is 1. The van der Waals surface area contributed by atoms with E-state index in [4.69, 9.17) is 28.2 Å². The molecular weight excluding hydrogens is 164 g/mol. The standard InChI is InChI=1S/C6H14N2O4/c7-6(8,3-10)1-4(11)5(12)2-9/h3-5,9,11-12H,1-2,7-8H2/t4-,5+/m0/s1/i3D. The Morgan fingerprint density at radius 2 is 2.00 bits per heavy atom. The Bertz CT molecular complexity index is 187. The van der Waals surface area contributed by atoms with E-state index in [-0.39, 0.29) is 0 Å². The summed E-state index contributed by atoms with van der Waals surface area (Å²) in [6.45, 7) is -0.663. The number of carbonyl (C=O) groups excluding carboxylic acids is 1. The number of aliphatic hydroxyl groups is 3. The fourth-order valence-electron chi connectivity index (χ4n) is 0.645. The van der Waals surface area contributed by atoms with Crippen molar-refractivity contribution in [1.82, 2.24) is 0 Å². The van der Waals surface area contributed by atoms with E-state index in [0.717, 1.165) is 0 Å². The van der Waals surface area contributed by atoms with Crippen LogP contribution >= 0.6 is 0 Å². The topological polar surface area (TPSA) is 130 Å². The van der Waals surface area contributed by atoms with Crippen LogP contribution in [-0.2, 0) is 4.79 Å². The molecule has 0 aromatic carbocycles. The normalized spacial score (nSPS) is 18.2. The Hall–Kier alpha value is -0.530. The van der Waals surface area contributed by atoms with Gasteiger partial charge < -0.3 is 26.8 Å². The molecule has 0 unspecified atom stereocenters. The number of rotatable bonds is 5. The molecule has 0 amide bonds. The van der Waals surface area contributed by atoms with Crippen molar-refractivity contribution in [2.24, 2.45) is 11.5 Å². The zero-order chi connectivity index (χ0) is 10.6. The van der Waals surface area contributed by atoms with Crippen molar-refractivity contribution < 1.29 is 21.5 Å². The predicted molar refractivity (Wildman–Crippen MR) is 40.9 cm³/mol. The van der Waals surface area contributed by atoms with Gasteiger partial charge in [-0.25, -0.2) is 0 Å². The van der Waals surface area contributed by atoms with E-state index >= 15 is 0 Å². The SMILES string of the molecule is [2H]C(=O)C(N)(N)C[C@H](O)[C@H](O)CO. The monoisotopic (exact) mass is 179 g/mol. The smallest absolute Gasteiger partial charge is 0.154 e. The molecular formula is C6H14N2O4. The number of carbonyl (C=O) groups is 1. The molecule has 12 heavy (non-hydrogen) atoms. The number of hydrogen-bond acceptors (Lipinski definition) is 6. The van der Waals surface area contributed by atoms with Crippen molar-refractivity contribution in [3.8, 4) is 0 Å². The average Bonchev–Trinajstić information content (AvgIpc) is 2.01. The molecule has 0 radical (unpaired) electrons. The average molecular weight is 179 g/mol. The van der Waals surface area contributed by atoms with Gasteiger partial charge in [0, 0.05) is 6.42 Å². The zero-order valence-electron chi connectivity index (χ0n) is 7.47. The van der Waals surface area contributed by atoms with E-state index in [1.807, 2.05) is 0 Å². The van der Waals surface area contributed by atoms with Crippen molar-refractivity contribution in [3.05, 3.63) is 0 Å². The molecule has 0 aromatic heterocycles. The van der Waals surface area contributed by atoms with Crippen LogP contribution in [0.5, 0.6) is 0 Å². The third kappa shape index (κ3) is 3.74. The second-order valence-electron chi connectivity index (χ2n) is 2.66. The first-order valence-electron chi connectivity index (χ1n) is 3.87. The van der Waals surface area contributed by atoms with Gasteiger partial charge in [-0.3, -0.25) is 4.79 Å². The van der Waals surface area contributed by atoms with E-state index < -0.39 is 37.2 Å². The Balaban J connectivity index is 4.19. The van der Waals surface area contributed by atoms with Gasteiger partial charge in [-0.1, -0.05) is 0 Å². The first-order chi connectivity index (χ1) is 5.81. The maximum atomic E-state index is 10.5. The van der Waals surface area contributed by atoms with Crippen LogP contribution in [0.4, 0.5) is 0 Å². The van der Waals surface area contributed by atoms with Gasteiger partial charge in [0.25, 0.3) is 0 Å². The van der Waals surface area contributed by atoms with E-state index in [2.05, 4.69) is 0 Å². The number of nitrogens with two attached hydrogens (primary N) is 2. The molecule has 0 saturated heterocycles. The summed E-state index contributed by atoms with van der Waals surface area (Å²) in [4.78, 5) is 10.5. The molecule has 0 aliphatic heterocycles. The molecule has 72 valence electrons. The van der Waals surface area contributed by atoms with Crippen molar-refractivity contribution in [2.75, 3.05) is 6.61 Å². The molecule has 0 aliphatic carbocycles. The summed E-state index contributed by atoms with van der Waals surface area (Å²) in [7, 11) is 0. The third-order valence-electron chi connectivity index (χ3n) is 1.37. The minimum absolute atomic E-state index is 0.475. The minimum atomic E-state index is -1.99. The quantitative estimate of drug-likeness (QED) is 0.224. The van der Waals surface area contributed by atoms with Gasteiger partial charge in [-0.2, -0.15) is 0 Å². The van der Waals surface area contributed by atoms with Crippen LogP contribution in [0.15, 0.2) is 0 Å². The van der Waals surface area contributed by atoms with Crippen LogP contribution in [0, 0.1) is 0 Å². The van der Waals surface area contributed by atoms with Crippen molar-refractivity contribution >= 4 is 6.26 Å². The highest BCUT2D eigenvalue weighted by Gasteiger charge is 2.26. The first kappa shape index (κ1) is 9.56. The van der Waals surface area contributed by atoms with Gasteiger partial charge in [-0.15, -0.1) is 0 Å². The molecule has 2 atom stereocenters. The van der Waals surface area contributed by atoms with Crippen LogP contribution in [0.2, 0.25) is 0 Å². The largest absolute Gasteiger partial charge is 0.394 e. The molecule has 6 nitrogen and oxygen atoms in total. The molecule has 0 bridgehead atoms. The highest BCUT2D eigenvalue weighted by Crippen LogP contribution is 2.04. The van der Waals surface area contributed by atoms with Gasteiger partial charge in [0.1, 0.15) is 13.1 Å². The second-order valence-corrected chi connectivity index (χ2v) is 2.66. The Morgan fingerprint density at radius 1 is 1.50 bits per heavy atom. The van der Waals surface area contributed by atoms with Crippen molar-refractivity contribution in [1.29, 1.82) is 0 Å². The summed E-state index contributed by atoms with van der Waals surface area (Å²) >= 11 is 0. The fourth-order valence-corrected chi connectivity index (χ4v) is 0.645. The lowest BCUT2D eigenvalue weighted by Gasteiger charge is -2.23. The summed E-state index contributed by atoms with van der Waals surface area (Å²) in [6.07, 6.45) is -4.55. The van der Waals surface area contributed by atoms with Crippen LogP contribution < -0.4 is 11.5 Å². The minimum Gasteiger partial charge on any atom is -0.394 e. The van der Waals surface area contributed by atoms with Gasteiger partial charge in [0.2, 0.25) is 0 Å². The first-order valence-corrected chi connectivity index (χ1v) is 3.37. The van der Waals surface area contributed by atoms with Gasteiger partial charge in [-0.05, 0) is 0 Å². The van der Waals surface area contributed by atoms with E-state index in [0.29, 0.717) is 0 Å². The highest BCUT2D eigenvalue weighted by molar-refractivity contribution is 5.62. The van der Waals surface area contributed by atoms with Crippen LogP contribution in [0.3, 0.4) is 0 Å². The Morgan fingerprint density at radius 3 is 2.33 bits per heavy atom. The summed E-state index contributed by atoms with van der Waals surface area (Å²) in [5.41, 5.74) is 8.29. The lowest BCUT2D eigenvalue weighted by molar-refractivity contribution is -0.114. The molecule has 0 heterocycles. The number of aliphatic hydroxyl groups excluding tert-OH is 3. The molecule has 0 spiro atoms. The molecule has 0 fully saturated rings. The van der Waals surface area contributed by atoms with E-state index in [1.165, 1.54) is 0 Å². The molecule has 7 N–H and O–H groups in total. The second kappa shape index (κ2) is 4.48. The fraction of sp³-hybridized carbons (Fsp3) is 0.833. The Kier molecular flexibility index (Phi) is 3.57. The summed E-state index contributed by atoms with van der Waals surface area (Å²) in [5.74, 6) is 0.